The minimum Gasteiger partial charge on any atom is -0.385 e. The van der Waals surface area contributed by atoms with Gasteiger partial charge in [0.1, 0.15) is 0 Å². The third kappa shape index (κ3) is 10.1. The molecular formula is C22H45IN4O. The van der Waals surface area contributed by atoms with Gasteiger partial charge in [0.15, 0.2) is 5.96 Å². The maximum atomic E-state index is 5.35. The van der Waals surface area contributed by atoms with Crippen LogP contribution in [0.4, 0.5) is 0 Å². The van der Waals surface area contributed by atoms with Crippen molar-refractivity contribution in [2.75, 3.05) is 53.0 Å². The molecule has 1 aliphatic carbocycles. The Bertz CT molecular complexity index is 407. The normalized spacial score (nSPS) is 20.0. The molecule has 1 saturated carbocycles. The summed E-state index contributed by atoms with van der Waals surface area (Å²) in [4.78, 5) is 7.58. The number of likely N-dealkylation sites (tertiary alicyclic amines) is 1. The first kappa shape index (κ1) is 26.0. The molecule has 6 heteroatoms. The summed E-state index contributed by atoms with van der Waals surface area (Å²) in [5.74, 6) is 0.997. The van der Waals surface area contributed by atoms with Crippen molar-refractivity contribution in [2.24, 2.45) is 10.4 Å². The molecule has 0 aromatic carbocycles. The Labute approximate surface area is 190 Å². The number of aliphatic imine (C=N–C) groups is 1. The van der Waals surface area contributed by atoms with Gasteiger partial charge in [-0.3, -0.25) is 4.99 Å². The average molecular weight is 509 g/mol. The van der Waals surface area contributed by atoms with E-state index in [2.05, 4.69) is 22.5 Å². The lowest BCUT2D eigenvalue weighted by atomic mass is 9.83. The summed E-state index contributed by atoms with van der Waals surface area (Å²) in [6, 6.07) is 0. The lowest BCUT2D eigenvalue weighted by Crippen LogP contribution is -2.39. The first-order valence-corrected chi connectivity index (χ1v) is 11.5. The molecule has 2 rings (SSSR count). The van der Waals surface area contributed by atoms with Crippen molar-refractivity contribution in [2.45, 2.75) is 77.6 Å². The maximum absolute atomic E-state index is 5.35. The number of methoxy groups -OCH3 is 1. The minimum atomic E-state index is 0. The van der Waals surface area contributed by atoms with E-state index >= 15 is 0 Å². The number of unbranched alkanes of at least 4 members (excludes halogenated alkanes) is 2. The second-order valence-corrected chi connectivity index (χ2v) is 8.53. The van der Waals surface area contributed by atoms with Crippen molar-refractivity contribution in [3.05, 3.63) is 0 Å². The molecule has 28 heavy (non-hydrogen) atoms. The third-order valence-corrected chi connectivity index (χ3v) is 6.31. The van der Waals surface area contributed by atoms with Crippen LogP contribution >= 0.6 is 24.0 Å². The SMILES string of the molecule is CCNC(=NCC1(CCOC)CCCC1)NCCCCCN1CCCCC1.I. The van der Waals surface area contributed by atoms with Gasteiger partial charge < -0.3 is 20.3 Å². The second-order valence-electron chi connectivity index (χ2n) is 8.53. The highest BCUT2D eigenvalue weighted by molar-refractivity contribution is 14.0. The summed E-state index contributed by atoms with van der Waals surface area (Å²) in [5, 5.41) is 6.97. The minimum absolute atomic E-state index is 0. The first-order chi connectivity index (χ1) is 13.3. The monoisotopic (exact) mass is 508 g/mol. The highest BCUT2D eigenvalue weighted by atomic mass is 127. The lowest BCUT2D eigenvalue weighted by Gasteiger charge is -2.27. The van der Waals surface area contributed by atoms with Crippen molar-refractivity contribution in [1.82, 2.24) is 15.5 Å². The van der Waals surface area contributed by atoms with Crippen LogP contribution in [0.5, 0.6) is 0 Å². The summed E-state index contributed by atoms with van der Waals surface area (Å²) in [6.07, 6.45) is 14.5. The number of nitrogens with zero attached hydrogens (tertiary/aromatic N) is 2. The zero-order valence-corrected chi connectivity index (χ0v) is 20.8. The van der Waals surface area contributed by atoms with Gasteiger partial charge in [0.05, 0.1) is 0 Å². The average Bonchev–Trinajstić information content (AvgIpc) is 3.17. The fourth-order valence-electron chi connectivity index (χ4n) is 4.55. The van der Waals surface area contributed by atoms with Gasteiger partial charge in [-0.05, 0) is 76.9 Å². The zero-order valence-electron chi connectivity index (χ0n) is 18.4. The number of halogens is 1. The third-order valence-electron chi connectivity index (χ3n) is 6.31. The Kier molecular flexibility index (Phi) is 14.6. The van der Waals surface area contributed by atoms with E-state index in [1.165, 1.54) is 83.8 Å². The van der Waals surface area contributed by atoms with Crippen LogP contribution in [0.15, 0.2) is 4.99 Å². The van der Waals surface area contributed by atoms with E-state index in [9.17, 15) is 0 Å². The zero-order chi connectivity index (χ0) is 19.2. The summed E-state index contributed by atoms with van der Waals surface area (Å²) in [6.45, 7) is 9.81. The molecule has 2 N–H and O–H groups in total. The van der Waals surface area contributed by atoms with Gasteiger partial charge in [-0.1, -0.05) is 25.7 Å². The van der Waals surface area contributed by atoms with E-state index in [0.717, 1.165) is 38.6 Å². The number of ether oxygens (including phenoxy) is 1. The van der Waals surface area contributed by atoms with E-state index in [1.54, 1.807) is 0 Å². The van der Waals surface area contributed by atoms with Crippen LogP contribution < -0.4 is 10.6 Å². The predicted octanol–water partition coefficient (Wildman–Crippen LogP) is 4.41. The van der Waals surface area contributed by atoms with Crippen LogP contribution in [-0.2, 0) is 4.74 Å². The fourth-order valence-corrected chi connectivity index (χ4v) is 4.55. The van der Waals surface area contributed by atoms with Gasteiger partial charge in [0.25, 0.3) is 0 Å². The smallest absolute Gasteiger partial charge is 0.191 e. The molecule has 1 aliphatic heterocycles. The summed E-state index contributed by atoms with van der Waals surface area (Å²) >= 11 is 0. The van der Waals surface area contributed by atoms with E-state index in [4.69, 9.17) is 9.73 Å². The van der Waals surface area contributed by atoms with Crippen LogP contribution in [0, 0.1) is 5.41 Å². The number of nitrogens with one attached hydrogen (secondary N) is 2. The number of piperidine rings is 1. The molecule has 1 heterocycles. The van der Waals surface area contributed by atoms with Gasteiger partial charge in [-0.15, -0.1) is 24.0 Å². The Morgan fingerprint density at radius 2 is 1.75 bits per heavy atom. The summed E-state index contributed by atoms with van der Waals surface area (Å²) in [5.41, 5.74) is 0.368. The first-order valence-electron chi connectivity index (χ1n) is 11.5. The van der Waals surface area contributed by atoms with Gasteiger partial charge >= 0.3 is 0 Å². The molecule has 0 aromatic heterocycles. The molecule has 0 unspecified atom stereocenters. The van der Waals surface area contributed by atoms with Gasteiger partial charge in [-0.25, -0.2) is 0 Å². The van der Waals surface area contributed by atoms with E-state index in [-0.39, 0.29) is 24.0 Å². The molecule has 166 valence electrons. The van der Waals surface area contributed by atoms with Crippen molar-refractivity contribution >= 4 is 29.9 Å². The highest BCUT2D eigenvalue weighted by Crippen LogP contribution is 2.41. The molecule has 0 amide bonds. The van der Waals surface area contributed by atoms with Crippen LogP contribution in [0.1, 0.15) is 77.6 Å². The quantitative estimate of drug-likeness (QED) is 0.178. The number of hydrogen-bond donors (Lipinski definition) is 2. The molecule has 0 atom stereocenters. The number of guanidine groups is 1. The van der Waals surface area contributed by atoms with E-state index in [1.807, 2.05) is 7.11 Å². The molecule has 1 saturated heterocycles. The standard InChI is InChI=1S/C22H44N4O.HI/c1-3-23-21(25-20-22(14-19-27-2)12-6-7-13-22)24-15-8-4-9-16-26-17-10-5-11-18-26;/h3-20H2,1-2H3,(H2,23,24,25);1H. The van der Waals surface area contributed by atoms with Crippen molar-refractivity contribution in [3.63, 3.8) is 0 Å². The molecular weight excluding hydrogens is 463 g/mol. The van der Waals surface area contributed by atoms with Gasteiger partial charge in [0.2, 0.25) is 0 Å². The lowest BCUT2D eigenvalue weighted by molar-refractivity contribution is 0.141. The Hall–Kier alpha value is -0.0800. The molecule has 2 fully saturated rings. The van der Waals surface area contributed by atoms with Crippen LogP contribution in [0.25, 0.3) is 0 Å². The fraction of sp³-hybridized carbons (Fsp3) is 0.955. The molecule has 2 aliphatic rings. The van der Waals surface area contributed by atoms with Crippen molar-refractivity contribution in [3.8, 4) is 0 Å². The predicted molar refractivity (Wildman–Crippen MR) is 131 cm³/mol. The van der Waals surface area contributed by atoms with Gasteiger partial charge in [-0.2, -0.15) is 0 Å². The number of hydrogen-bond acceptors (Lipinski definition) is 3. The van der Waals surface area contributed by atoms with Crippen LogP contribution in [0.3, 0.4) is 0 Å². The Balaban J connectivity index is 0.00000392. The summed E-state index contributed by atoms with van der Waals surface area (Å²) in [7, 11) is 1.81. The topological polar surface area (TPSA) is 48.9 Å². The highest BCUT2D eigenvalue weighted by Gasteiger charge is 2.33. The number of rotatable bonds is 12. The van der Waals surface area contributed by atoms with E-state index < -0.39 is 0 Å². The summed E-state index contributed by atoms with van der Waals surface area (Å²) < 4.78 is 5.35. The van der Waals surface area contributed by atoms with Crippen LogP contribution in [-0.4, -0.2) is 63.8 Å². The second kappa shape index (κ2) is 15.7. The molecule has 0 bridgehead atoms. The molecule has 5 nitrogen and oxygen atoms in total. The molecule has 0 spiro atoms. The van der Waals surface area contributed by atoms with Crippen molar-refractivity contribution < 1.29 is 4.74 Å². The Morgan fingerprint density at radius 3 is 2.43 bits per heavy atom. The van der Waals surface area contributed by atoms with E-state index in [0.29, 0.717) is 5.41 Å². The molecule has 0 radical (unpaired) electrons. The Morgan fingerprint density at radius 1 is 1.00 bits per heavy atom. The molecule has 0 aromatic rings. The van der Waals surface area contributed by atoms with Crippen LogP contribution in [0.2, 0.25) is 0 Å². The van der Waals surface area contributed by atoms with Crippen molar-refractivity contribution in [1.29, 1.82) is 0 Å². The van der Waals surface area contributed by atoms with Gasteiger partial charge in [0, 0.05) is 33.4 Å². The maximum Gasteiger partial charge on any atom is 0.191 e. The largest absolute Gasteiger partial charge is 0.385 e.